The van der Waals surface area contributed by atoms with Crippen LogP contribution in [0.1, 0.15) is 51.5 Å². The van der Waals surface area contributed by atoms with Crippen molar-refractivity contribution in [2.45, 2.75) is 33.7 Å². The van der Waals surface area contributed by atoms with Gasteiger partial charge in [-0.3, -0.25) is 9.59 Å². The lowest BCUT2D eigenvalue weighted by atomic mass is 10.0. The lowest BCUT2D eigenvalue weighted by Crippen LogP contribution is -2.27. The Balaban J connectivity index is 2.13. The Morgan fingerprint density at radius 2 is 1.81 bits per heavy atom. The quantitative estimate of drug-likeness (QED) is 0.694. The third-order valence-corrected chi connectivity index (χ3v) is 4.26. The number of H-pyrrole nitrogens is 1. The number of aliphatic carboxylic acids is 1. The molecule has 0 bridgehead atoms. The molecule has 0 spiro atoms. The summed E-state index contributed by atoms with van der Waals surface area (Å²) in [6.45, 7) is 5.18. The number of Topliss-reactive ketones (excluding diaryl/α,β-unsaturated/α-hetero) is 1. The Hall–Kier alpha value is -3.09. The van der Waals surface area contributed by atoms with Gasteiger partial charge in [0.05, 0.1) is 0 Å². The van der Waals surface area contributed by atoms with Crippen LogP contribution >= 0.6 is 0 Å². The maximum atomic E-state index is 12.9. The molecule has 7 heteroatoms. The van der Waals surface area contributed by atoms with E-state index in [9.17, 15) is 14.4 Å². The normalized spacial score (nSPS) is 10.5. The molecule has 7 nitrogen and oxygen atoms in total. The number of nitrogens with one attached hydrogen (secondary N) is 1. The summed E-state index contributed by atoms with van der Waals surface area (Å²) in [5.41, 5.74) is 3.37. The molecule has 0 fully saturated rings. The first-order chi connectivity index (χ1) is 12.7. The summed E-state index contributed by atoms with van der Waals surface area (Å²) >= 11 is 0. The maximum Gasteiger partial charge on any atom is 0.341 e. The fourth-order valence-corrected chi connectivity index (χ4v) is 3.06. The molecule has 144 valence electrons. The van der Waals surface area contributed by atoms with Gasteiger partial charge in [0.15, 0.2) is 12.4 Å². The summed E-state index contributed by atoms with van der Waals surface area (Å²) < 4.78 is 5.10. The molecule has 0 saturated carbocycles. The second kappa shape index (κ2) is 8.53. The molecule has 2 aromatic rings. The summed E-state index contributed by atoms with van der Waals surface area (Å²) in [5.74, 6) is -0.829. The Kier molecular flexibility index (Phi) is 6.39. The van der Waals surface area contributed by atoms with Gasteiger partial charge in [0.25, 0.3) is 5.91 Å². The van der Waals surface area contributed by atoms with Crippen LogP contribution in [0, 0.1) is 6.92 Å². The predicted molar refractivity (Wildman–Crippen MR) is 100 cm³/mol. The number of hydrogen-bond donors (Lipinski definition) is 2. The highest BCUT2D eigenvalue weighted by molar-refractivity contribution is 6.02. The number of aromatic nitrogens is 1. The van der Waals surface area contributed by atoms with Crippen LogP contribution in [0.15, 0.2) is 24.3 Å². The van der Waals surface area contributed by atoms with Crippen LogP contribution in [0.4, 0.5) is 0 Å². The highest BCUT2D eigenvalue weighted by Gasteiger charge is 2.23. The van der Waals surface area contributed by atoms with Gasteiger partial charge in [-0.05, 0) is 43.5 Å². The minimum Gasteiger partial charge on any atom is -0.482 e. The molecule has 0 aliphatic carbocycles. The highest BCUT2D eigenvalue weighted by Crippen LogP contribution is 2.22. The average molecular weight is 372 g/mol. The van der Waals surface area contributed by atoms with E-state index in [-0.39, 0.29) is 11.7 Å². The van der Waals surface area contributed by atoms with Gasteiger partial charge in [0.1, 0.15) is 11.4 Å². The van der Waals surface area contributed by atoms with Gasteiger partial charge in [-0.2, -0.15) is 0 Å². The molecule has 1 aromatic heterocycles. The third-order valence-electron chi connectivity index (χ3n) is 4.26. The van der Waals surface area contributed by atoms with Crippen molar-refractivity contribution in [3.63, 3.8) is 0 Å². The summed E-state index contributed by atoms with van der Waals surface area (Å²) in [5, 5.41) is 8.62. The minimum atomic E-state index is -1.04. The zero-order valence-electron chi connectivity index (χ0n) is 16.0. The molecule has 1 aromatic carbocycles. The standard InChI is InChI=1S/C20H24N2O5/c1-5-16-18(13(3)23)12(2)21-19(16)20(26)22(4)10-14-6-8-15(9-7-14)27-11-17(24)25/h6-9,21H,5,10-11H2,1-4H3,(H,24,25). The summed E-state index contributed by atoms with van der Waals surface area (Å²) in [7, 11) is 1.69. The van der Waals surface area contributed by atoms with Crippen LogP contribution in [0.25, 0.3) is 0 Å². The molecule has 0 atom stereocenters. The molecule has 1 amide bonds. The number of benzene rings is 1. The van der Waals surface area contributed by atoms with E-state index in [4.69, 9.17) is 9.84 Å². The van der Waals surface area contributed by atoms with Crippen LogP contribution < -0.4 is 4.74 Å². The number of carboxylic acids is 1. The van der Waals surface area contributed by atoms with E-state index >= 15 is 0 Å². The van der Waals surface area contributed by atoms with Gasteiger partial charge in [-0.15, -0.1) is 0 Å². The minimum absolute atomic E-state index is 0.0562. The lowest BCUT2D eigenvalue weighted by molar-refractivity contribution is -0.139. The smallest absolute Gasteiger partial charge is 0.341 e. The van der Waals surface area contributed by atoms with Crippen molar-refractivity contribution in [1.82, 2.24) is 9.88 Å². The summed E-state index contributed by atoms with van der Waals surface area (Å²) in [6, 6.07) is 6.90. The van der Waals surface area contributed by atoms with E-state index in [0.29, 0.717) is 35.7 Å². The van der Waals surface area contributed by atoms with Gasteiger partial charge in [0.2, 0.25) is 0 Å². The van der Waals surface area contributed by atoms with Gasteiger partial charge in [0, 0.05) is 24.8 Å². The third kappa shape index (κ3) is 4.75. The van der Waals surface area contributed by atoms with Crippen molar-refractivity contribution in [1.29, 1.82) is 0 Å². The predicted octanol–water partition coefficient (Wildman–Crippen LogP) is 2.82. The number of carboxylic acid groups (broad SMARTS) is 1. The first-order valence-corrected chi connectivity index (χ1v) is 8.65. The number of ketones is 1. The van der Waals surface area contributed by atoms with E-state index in [1.54, 1.807) is 43.1 Å². The van der Waals surface area contributed by atoms with Crippen molar-refractivity contribution >= 4 is 17.7 Å². The summed E-state index contributed by atoms with van der Waals surface area (Å²) in [4.78, 5) is 39.9. The van der Waals surface area contributed by atoms with Gasteiger partial charge in [-0.1, -0.05) is 19.1 Å². The van der Waals surface area contributed by atoms with Crippen molar-refractivity contribution in [2.75, 3.05) is 13.7 Å². The second-order valence-corrected chi connectivity index (χ2v) is 6.38. The van der Waals surface area contributed by atoms with E-state index in [1.165, 1.54) is 6.92 Å². The molecule has 0 aliphatic rings. The van der Waals surface area contributed by atoms with Crippen molar-refractivity contribution in [3.8, 4) is 5.75 Å². The molecule has 0 radical (unpaired) electrons. The van der Waals surface area contributed by atoms with Crippen LogP contribution in [0.3, 0.4) is 0 Å². The van der Waals surface area contributed by atoms with Crippen molar-refractivity contribution in [3.05, 3.63) is 52.3 Å². The number of carbonyl (C=O) groups excluding carboxylic acids is 2. The van der Waals surface area contributed by atoms with E-state index in [2.05, 4.69) is 4.98 Å². The van der Waals surface area contributed by atoms with Crippen LogP contribution in [-0.2, 0) is 17.8 Å². The number of ether oxygens (including phenoxy) is 1. The van der Waals surface area contributed by atoms with Crippen LogP contribution in [0.5, 0.6) is 5.75 Å². The molecule has 1 heterocycles. The number of hydrogen-bond acceptors (Lipinski definition) is 4. The largest absolute Gasteiger partial charge is 0.482 e. The molecule has 0 aliphatic heterocycles. The summed E-state index contributed by atoms with van der Waals surface area (Å²) in [6.07, 6.45) is 0.587. The molecule has 2 N–H and O–H groups in total. The Labute approximate surface area is 157 Å². The number of amides is 1. The Bertz CT molecular complexity index is 852. The zero-order valence-corrected chi connectivity index (χ0v) is 16.0. The van der Waals surface area contributed by atoms with E-state index in [1.807, 2.05) is 6.92 Å². The average Bonchev–Trinajstić information content (AvgIpc) is 2.96. The molecule has 0 saturated heterocycles. The molecular formula is C20H24N2O5. The van der Waals surface area contributed by atoms with E-state index in [0.717, 1.165) is 11.1 Å². The zero-order chi connectivity index (χ0) is 20.1. The van der Waals surface area contributed by atoms with Gasteiger partial charge in [-0.25, -0.2) is 4.79 Å². The number of carbonyl (C=O) groups is 3. The van der Waals surface area contributed by atoms with Gasteiger partial charge < -0.3 is 19.7 Å². The number of aryl methyl sites for hydroxylation is 1. The van der Waals surface area contributed by atoms with Gasteiger partial charge >= 0.3 is 5.97 Å². The van der Waals surface area contributed by atoms with Crippen LogP contribution in [-0.4, -0.2) is 46.3 Å². The fraction of sp³-hybridized carbons (Fsp3) is 0.350. The first-order valence-electron chi connectivity index (χ1n) is 8.65. The molecule has 2 rings (SSSR count). The topological polar surface area (TPSA) is 99.7 Å². The molecule has 0 unspecified atom stereocenters. The Morgan fingerprint density at radius 3 is 2.33 bits per heavy atom. The SMILES string of the molecule is CCc1c(C(=O)N(C)Cc2ccc(OCC(=O)O)cc2)[nH]c(C)c1C(C)=O. The highest BCUT2D eigenvalue weighted by atomic mass is 16.5. The lowest BCUT2D eigenvalue weighted by Gasteiger charge is -2.18. The maximum absolute atomic E-state index is 12.9. The van der Waals surface area contributed by atoms with Crippen molar-refractivity contribution < 1.29 is 24.2 Å². The number of nitrogens with zero attached hydrogens (tertiary/aromatic N) is 1. The Morgan fingerprint density at radius 1 is 1.19 bits per heavy atom. The monoisotopic (exact) mass is 372 g/mol. The number of aromatic amines is 1. The second-order valence-electron chi connectivity index (χ2n) is 6.38. The van der Waals surface area contributed by atoms with E-state index < -0.39 is 12.6 Å². The number of rotatable bonds is 8. The molecular weight excluding hydrogens is 348 g/mol. The molecule has 27 heavy (non-hydrogen) atoms. The first kappa shape index (κ1) is 20.2. The van der Waals surface area contributed by atoms with Crippen molar-refractivity contribution in [2.24, 2.45) is 0 Å². The fourth-order valence-electron chi connectivity index (χ4n) is 3.06. The van der Waals surface area contributed by atoms with Crippen LogP contribution in [0.2, 0.25) is 0 Å².